The molecule has 0 aromatic heterocycles. The van der Waals surface area contributed by atoms with Crippen LogP contribution in [0.5, 0.6) is 0 Å². The van der Waals surface area contributed by atoms with Crippen LogP contribution in [0.25, 0.3) is 0 Å². The number of carbonyl (C=O) groups excluding carboxylic acids is 1. The SMILES string of the molecule is CCOC1=NN(C)C(=O)C1(NO)/C(C)=N/OC. The van der Waals surface area contributed by atoms with Crippen LogP contribution in [-0.2, 0) is 14.4 Å². The smallest absolute Gasteiger partial charge is 0.280 e. The molecule has 1 aliphatic rings. The largest absolute Gasteiger partial charge is 0.478 e. The molecule has 0 aliphatic carbocycles. The van der Waals surface area contributed by atoms with Crippen LogP contribution in [-0.4, -0.2) is 54.0 Å². The molecule has 1 atom stereocenters. The van der Waals surface area contributed by atoms with Gasteiger partial charge in [-0.15, -0.1) is 5.10 Å². The van der Waals surface area contributed by atoms with Crippen molar-refractivity contribution in [2.24, 2.45) is 10.3 Å². The van der Waals surface area contributed by atoms with Crippen molar-refractivity contribution in [2.45, 2.75) is 19.4 Å². The molecule has 0 aromatic carbocycles. The van der Waals surface area contributed by atoms with Gasteiger partial charge in [0, 0.05) is 7.05 Å². The molecule has 8 nitrogen and oxygen atoms in total. The second-order valence-electron chi connectivity index (χ2n) is 3.39. The first-order valence-electron chi connectivity index (χ1n) is 5.04. The Morgan fingerprint density at radius 3 is 2.82 bits per heavy atom. The summed E-state index contributed by atoms with van der Waals surface area (Å²) in [6.07, 6.45) is 0. The van der Waals surface area contributed by atoms with E-state index in [-0.39, 0.29) is 11.6 Å². The van der Waals surface area contributed by atoms with Gasteiger partial charge in [-0.3, -0.25) is 4.79 Å². The number of likely N-dealkylation sites (N-methyl/N-ethyl adjacent to an activating group) is 1. The van der Waals surface area contributed by atoms with Gasteiger partial charge in [0.2, 0.25) is 11.4 Å². The Labute approximate surface area is 98.8 Å². The Balaban J connectivity index is 3.23. The van der Waals surface area contributed by atoms with Crippen LogP contribution in [0.3, 0.4) is 0 Å². The maximum atomic E-state index is 12.0. The summed E-state index contributed by atoms with van der Waals surface area (Å²) in [5, 5.41) is 17.9. The van der Waals surface area contributed by atoms with Gasteiger partial charge in [0.15, 0.2) is 0 Å². The highest BCUT2D eigenvalue weighted by Gasteiger charge is 2.55. The monoisotopic (exact) mass is 244 g/mol. The van der Waals surface area contributed by atoms with E-state index in [9.17, 15) is 10.0 Å². The zero-order valence-corrected chi connectivity index (χ0v) is 10.2. The number of amides is 1. The fourth-order valence-electron chi connectivity index (χ4n) is 1.56. The molecule has 1 heterocycles. The van der Waals surface area contributed by atoms with E-state index in [1.807, 2.05) is 5.48 Å². The van der Waals surface area contributed by atoms with Crippen molar-refractivity contribution >= 4 is 17.5 Å². The third-order valence-electron chi connectivity index (χ3n) is 2.40. The summed E-state index contributed by atoms with van der Waals surface area (Å²) in [6, 6.07) is 0. The van der Waals surface area contributed by atoms with Gasteiger partial charge in [-0.05, 0) is 13.8 Å². The summed E-state index contributed by atoms with van der Waals surface area (Å²) in [5.74, 6) is -0.463. The molecule has 0 bridgehead atoms. The lowest BCUT2D eigenvalue weighted by molar-refractivity contribution is -0.133. The van der Waals surface area contributed by atoms with Crippen molar-refractivity contribution in [3.05, 3.63) is 0 Å². The number of hydrazone groups is 1. The standard InChI is InChI=1S/C9H16N4O4/c1-5-17-7-9(12-15,6(2)11-16-4)8(14)13(3)10-7/h12,15H,5H2,1-4H3/b11-6+. The highest BCUT2D eigenvalue weighted by Crippen LogP contribution is 2.22. The molecular weight excluding hydrogens is 228 g/mol. The number of rotatable bonds is 4. The minimum atomic E-state index is -1.61. The minimum Gasteiger partial charge on any atom is -0.478 e. The van der Waals surface area contributed by atoms with Crippen molar-refractivity contribution in [3.63, 3.8) is 0 Å². The van der Waals surface area contributed by atoms with Gasteiger partial charge in [0.05, 0.1) is 12.3 Å². The predicted molar refractivity (Wildman–Crippen MR) is 59.6 cm³/mol. The Morgan fingerprint density at radius 2 is 2.35 bits per heavy atom. The summed E-state index contributed by atoms with van der Waals surface area (Å²) in [4.78, 5) is 16.6. The van der Waals surface area contributed by atoms with Gasteiger partial charge < -0.3 is 14.8 Å². The van der Waals surface area contributed by atoms with Gasteiger partial charge in [0.1, 0.15) is 7.11 Å². The molecule has 2 N–H and O–H groups in total. The molecule has 8 heteroatoms. The zero-order chi connectivity index (χ0) is 13.1. The molecule has 0 saturated heterocycles. The minimum absolute atomic E-state index is 0.0355. The van der Waals surface area contributed by atoms with Gasteiger partial charge in [-0.25, -0.2) is 5.01 Å². The Bertz CT molecular complexity index is 368. The third-order valence-corrected chi connectivity index (χ3v) is 2.40. The Hall–Kier alpha value is -1.67. The fourth-order valence-corrected chi connectivity index (χ4v) is 1.56. The van der Waals surface area contributed by atoms with Crippen LogP contribution >= 0.6 is 0 Å². The molecule has 17 heavy (non-hydrogen) atoms. The number of ether oxygens (including phenoxy) is 1. The third kappa shape index (κ3) is 1.96. The number of nitrogens with one attached hydrogen (secondary N) is 1. The van der Waals surface area contributed by atoms with Crippen LogP contribution < -0.4 is 5.48 Å². The van der Waals surface area contributed by atoms with Crippen LogP contribution in [0, 0.1) is 0 Å². The van der Waals surface area contributed by atoms with Gasteiger partial charge in [-0.2, -0.15) is 5.48 Å². The molecule has 1 rings (SSSR count). The second-order valence-corrected chi connectivity index (χ2v) is 3.39. The summed E-state index contributed by atoms with van der Waals surface area (Å²) < 4.78 is 5.25. The van der Waals surface area contributed by atoms with Crippen LogP contribution in [0.4, 0.5) is 0 Å². The first kappa shape index (κ1) is 13.4. The second kappa shape index (κ2) is 5.11. The first-order chi connectivity index (χ1) is 8.04. The van der Waals surface area contributed by atoms with Crippen LogP contribution in [0.15, 0.2) is 10.3 Å². The van der Waals surface area contributed by atoms with E-state index in [4.69, 9.17) is 4.74 Å². The maximum Gasteiger partial charge on any atom is 0.280 e. The van der Waals surface area contributed by atoms with Crippen molar-refractivity contribution < 1.29 is 19.6 Å². The number of oxime groups is 1. The maximum absolute atomic E-state index is 12.0. The van der Waals surface area contributed by atoms with Gasteiger partial charge >= 0.3 is 0 Å². The predicted octanol–water partition coefficient (Wildman–Crippen LogP) is -0.452. The molecule has 0 saturated carbocycles. The molecule has 0 aromatic rings. The highest BCUT2D eigenvalue weighted by molar-refractivity contribution is 6.31. The summed E-state index contributed by atoms with van der Waals surface area (Å²) in [5.41, 5.74) is 0.507. The molecule has 1 aliphatic heterocycles. The lowest BCUT2D eigenvalue weighted by Gasteiger charge is -2.25. The van der Waals surface area contributed by atoms with Crippen LogP contribution in [0.1, 0.15) is 13.8 Å². The average molecular weight is 244 g/mol. The van der Waals surface area contributed by atoms with E-state index in [1.54, 1.807) is 6.92 Å². The number of nitrogens with zero attached hydrogens (tertiary/aromatic N) is 3. The lowest BCUT2D eigenvalue weighted by atomic mass is 9.94. The van der Waals surface area contributed by atoms with Crippen molar-refractivity contribution in [1.29, 1.82) is 0 Å². The summed E-state index contributed by atoms with van der Waals surface area (Å²) in [7, 11) is 2.80. The zero-order valence-electron chi connectivity index (χ0n) is 10.2. The van der Waals surface area contributed by atoms with E-state index < -0.39 is 11.4 Å². The first-order valence-corrected chi connectivity index (χ1v) is 5.04. The normalized spacial score (nSPS) is 25.0. The number of hydrogen-bond donors (Lipinski definition) is 2. The number of carbonyl (C=O) groups is 1. The summed E-state index contributed by atoms with van der Waals surface area (Å²) in [6.45, 7) is 3.58. The molecule has 0 radical (unpaired) electrons. The molecule has 1 amide bonds. The Morgan fingerprint density at radius 1 is 1.71 bits per heavy atom. The van der Waals surface area contributed by atoms with E-state index in [0.29, 0.717) is 6.61 Å². The van der Waals surface area contributed by atoms with Crippen molar-refractivity contribution in [3.8, 4) is 0 Å². The van der Waals surface area contributed by atoms with Gasteiger partial charge in [-0.1, -0.05) is 5.16 Å². The highest BCUT2D eigenvalue weighted by atomic mass is 16.6. The topological polar surface area (TPSA) is 95.8 Å². The molecule has 1 unspecified atom stereocenters. The van der Waals surface area contributed by atoms with E-state index in [1.165, 1.54) is 21.1 Å². The van der Waals surface area contributed by atoms with Crippen molar-refractivity contribution in [2.75, 3.05) is 20.8 Å². The number of hydroxylamine groups is 1. The van der Waals surface area contributed by atoms with E-state index >= 15 is 0 Å². The molecule has 96 valence electrons. The Kier molecular flexibility index (Phi) is 4.02. The average Bonchev–Trinajstić information content (AvgIpc) is 2.53. The molecular formula is C9H16N4O4. The van der Waals surface area contributed by atoms with E-state index in [2.05, 4.69) is 15.1 Å². The molecule has 0 spiro atoms. The van der Waals surface area contributed by atoms with E-state index in [0.717, 1.165) is 5.01 Å². The quantitative estimate of drug-likeness (QED) is 0.515. The lowest BCUT2D eigenvalue weighted by Crippen LogP contribution is -2.61. The van der Waals surface area contributed by atoms with Gasteiger partial charge in [0.25, 0.3) is 5.91 Å². The number of hydrogen-bond acceptors (Lipinski definition) is 7. The van der Waals surface area contributed by atoms with Crippen LogP contribution in [0.2, 0.25) is 0 Å². The molecule has 0 fully saturated rings. The fraction of sp³-hybridized carbons (Fsp3) is 0.667. The van der Waals surface area contributed by atoms with Crippen molar-refractivity contribution in [1.82, 2.24) is 10.5 Å². The summed E-state index contributed by atoms with van der Waals surface area (Å²) >= 11 is 0.